The highest BCUT2D eigenvalue weighted by Gasteiger charge is 2.55. The number of aromatic nitrogens is 2. The monoisotopic (exact) mass is 361 g/mol. The van der Waals surface area contributed by atoms with Gasteiger partial charge in [0.1, 0.15) is 0 Å². The molecule has 0 aliphatic carbocycles. The van der Waals surface area contributed by atoms with Crippen molar-refractivity contribution in [1.29, 1.82) is 0 Å². The summed E-state index contributed by atoms with van der Waals surface area (Å²) in [5.74, 6) is -1.16. The lowest BCUT2D eigenvalue weighted by molar-refractivity contribution is -0.137. The van der Waals surface area contributed by atoms with Gasteiger partial charge in [0.2, 0.25) is 0 Å². The molecule has 0 spiro atoms. The van der Waals surface area contributed by atoms with Crippen molar-refractivity contribution < 1.29 is 9.90 Å². The van der Waals surface area contributed by atoms with Gasteiger partial charge in [-0.25, -0.2) is 0 Å². The van der Waals surface area contributed by atoms with E-state index in [4.69, 9.17) is 12.2 Å². The fourth-order valence-electron chi connectivity index (χ4n) is 3.96. The van der Waals surface area contributed by atoms with Crippen molar-refractivity contribution in [2.24, 2.45) is 0 Å². The minimum atomic E-state index is -1.78. The quantitative estimate of drug-likeness (QED) is 0.414. The first-order valence-electron chi connectivity index (χ1n) is 8.31. The van der Waals surface area contributed by atoms with E-state index in [0.29, 0.717) is 10.6 Å². The van der Waals surface area contributed by atoms with E-state index >= 15 is 0 Å². The summed E-state index contributed by atoms with van der Waals surface area (Å²) in [7, 11) is 0. The predicted molar refractivity (Wildman–Crippen MR) is 104 cm³/mol. The molecule has 2 atom stereocenters. The summed E-state index contributed by atoms with van der Waals surface area (Å²) < 4.78 is 0. The Morgan fingerprint density at radius 2 is 1.54 bits per heavy atom. The third kappa shape index (κ3) is 1.88. The summed E-state index contributed by atoms with van der Waals surface area (Å²) in [5, 5.41) is 16.1. The molecule has 1 aliphatic heterocycles. The lowest BCUT2D eigenvalue weighted by Crippen LogP contribution is -2.38. The summed E-state index contributed by atoms with van der Waals surface area (Å²) >= 11 is 5.46. The summed E-state index contributed by atoms with van der Waals surface area (Å²) in [5.41, 5.74) is 1.35. The Hall–Kier alpha value is -2.96. The minimum Gasteiger partial charge on any atom is -0.374 e. The number of carbonyl (C=O) groups is 1. The largest absolute Gasteiger partial charge is 0.374 e. The number of H-pyrrole nitrogens is 2. The van der Waals surface area contributed by atoms with Gasteiger partial charge in [-0.3, -0.25) is 4.79 Å². The SMILES string of the molecule is O=C1NC(=S)C(c2c[nH]c3ccccc23)C1(O)c1c[nH]c2ccccc12. The molecular weight excluding hydrogens is 346 g/mol. The Kier molecular flexibility index (Phi) is 3.10. The molecule has 1 aliphatic rings. The van der Waals surface area contributed by atoms with Crippen LogP contribution in [0.1, 0.15) is 17.0 Å². The van der Waals surface area contributed by atoms with Crippen LogP contribution in [0.5, 0.6) is 0 Å². The lowest BCUT2D eigenvalue weighted by atomic mass is 9.79. The number of rotatable bonds is 2. The fourth-order valence-corrected chi connectivity index (χ4v) is 4.35. The molecule has 1 amide bonds. The van der Waals surface area contributed by atoms with Crippen LogP contribution in [0.2, 0.25) is 0 Å². The van der Waals surface area contributed by atoms with Crippen molar-refractivity contribution in [1.82, 2.24) is 15.3 Å². The zero-order valence-electron chi connectivity index (χ0n) is 13.6. The summed E-state index contributed by atoms with van der Waals surface area (Å²) in [6, 6.07) is 15.4. The number of aromatic amines is 2. The Morgan fingerprint density at radius 3 is 2.31 bits per heavy atom. The maximum atomic E-state index is 12.8. The highest BCUT2D eigenvalue weighted by atomic mass is 32.1. The first kappa shape index (κ1) is 15.3. The summed E-state index contributed by atoms with van der Waals surface area (Å²) in [4.78, 5) is 19.5. The Balaban J connectivity index is 1.78. The van der Waals surface area contributed by atoms with Gasteiger partial charge in [0, 0.05) is 39.8 Å². The molecule has 2 unspecified atom stereocenters. The van der Waals surface area contributed by atoms with Crippen LogP contribution in [-0.4, -0.2) is 26.0 Å². The maximum Gasteiger partial charge on any atom is 0.262 e. The topological polar surface area (TPSA) is 80.9 Å². The second-order valence-corrected chi connectivity index (χ2v) is 7.00. The normalized spacial score (nSPS) is 23.0. The van der Waals surface area contributed by atoms with E-state index in [1.54, 1.807) is 6.20 Å². The standard InChI is InChI=1S/C20H15N3O2S/c24-19-20(25,14-10-22-16-8-4-2-6-12(14)16)17(18(26)23-19)13-9-21-15-7-3-1-5-11(13)15/h1-10,17,21-22,25H,(H,23,24,26). The molecule has 2 aromatic heterocycles. The highest BCUT2D eigenvalue weighted by Crippen LogP contribution is 2.46. The number of hydrogen-bond donors (Lipinski definition) is 4. The molecule has 1 fully saturated rings. The average molecular weight is 361 g/mol. The number of benzene rings is 2. The number of para-hydroxylation sites is 2. The van der Waals surface area contributed by atoms with Crippen molar-refractivity contribution in [2.75, 3.05) is 0 Å². The first-order chi connectivity index (χ1) is 12.6. The number of fused-ring (bicyclic) bond motifs is 2. The zero-order valence-corrected chi connectivity index (χ0v) is 14.4. The molecule has 26 heavy (non-hydrogen) atoms. The molecule has 4 aromatic rings. The van der Waals surface area contributed by atoms with Crippen LogP contribution < -0.4 is 5.32 Å². The van der Waals surface area contributed by atoms with Crippen LogP contribution in [0.25, 0.3) is 21.8 Å². The van der Waals surface area contributed by atoms with Gasteiger partial charge in [-0.1, -0.05) is 48.6 Å². The molecule has 0 saturated carbocycles. The Labute approximate surface area is 154 Å². The van der Waals surface area contributed by atoms with E-state index in [0.717, 1.165) is 27.4 Å². The molecule has 2 aromatic carbocycles. The number of amides is 1. The van der Waals surface area contributed by atoms with Crippen molar-refractivity contribution in [2.45, 2.75) is 11.5 Å². The molecule has 0 radical (unpaired) electrons. The van der Waals surface area contributed by atoms with Gasteiger partial charge in [0.15, 0.2) is 5.60 Å². The maximum absolute atomic E-state index is 12.8. The van der Waals surface area contributed by atoms with Gasteiger partial charge in [0.25, 0.3) is 5.91 Å². The minimum absolute atomic E-state index is 0.326. The Morgan fingerprint density at radius 1 is 0.923 bits per heavy atom. The Bertz CT molecular complexity index is 1190. The summed E-state index contributed by atoms with van der Waals surface area (Å²) in [6.45, 7) is 0. The number of hydrogen-bond acceptors (Lipinski definition) is 3. The van der Waals surface area contributed by atoms with E-state index in [1.165, 1.54) is 0 Å². The molecule has 0 bridgehead atoms. The van der Waals surface area contributed by atoms with E-state index < -0.39 is 17.4 Å². The third-order valence-electron chi connectivity index (χ3n) is 5.19. The lowest BCUT2D eigenvalue weighted by Gasteiger charge is -2.26. The second kappa shape index (κ2) is 5.27. The van der Waals surface area contributed by atoms with Crippen LogP contribution in [0.3, 0.4) is 0 Å². The van der Waals surface area contributed by atoms with E-state index in [-0.39, 0.29) is 0 Å². The van der Waals surface area contributed by atoms with Crippen LogP contribution in [0.4, 0.5) is 0 Å². The molecule has 5 rings (SSSR count). The van der Waals surface area contributed by atoms with E-state index in [1.807, 2.05) is 54.7 Å². The predicted octanol–water partition coefficient (Wildman–Crippen LogP) is 3.08. The van der Waals surface area contributed by atoms with Gasteiger partial charge >= 0.3 is 0 Å². The van der Waals surface area contributed by atoms with Crippen molar-refractivity contribution in [3.63, 3.8) is 0 Å². The van der Waals surface area contributed by atoms with Crippen molar-refractivity contribution in [3.05, 3.63) is 72.1 Å². The van der Waals surface area contributed by atoms with Gasteiger partial charge in [0.05, 0.1) is 10.9 Å². The molecule has 1 saturated heterocycles. The number of aliphatic hydroxyl groups is 1. The second-order valence-electron chi connectivity index (χ2n) is 6.56. The zero-order chi connectivity index (χ0) is 17.9. The summed E-state index contributed by atoms with van der Waals surface area (Å²) in [6.07, 6.45) is 3.52. The molecule has 4 N–H and O–H groups in total. The molecular formula is C20H15N3O2S. The molecule has 5 nitrogen and oxygen atoms in total. The molecule has 128 valence electrons. The molecule has 3 heterocycles. The number of thiocarbonyl (C=S) groups is 1. The van der Waals surface area contributed by atoms with E-state index in [9.17, 15) is 9.90 Å². The van der Waals surface area contributed by atoms with Gasteiger partial charge in [-0.15, -0.1) is 0 Å². The van der Waals surface area contributed by atoms with E-state index in [2.05, 4.69) is 15.3 Å². The number of nitrogens with one attached hydrogen (secondary N) is 3. The fraction of sp³-hybridized carbons (Fsp3) is 0.100. The average Bonchev–Trinajstić information content (AvgIpc) is 3.31. The van der Waals surface area contributed by atoms with Gasteiger partial charge < -0.3 is 20.4 Å². The highest BCUT2D eigenvalue weighted by molar-refractivity contribution is 7.80. The van der Waals surface area contributed by atoms with Gasteiger partial charge in [-0.05, 0) is 17.7 Å². The number of carbonyl (C=O) groups excluding carboxylic acids is 1. The van der Waals surface area contributed by atoms with Crippen LogP contribution in [-0.2, 0) is 10.4 Å². The van der Waals surface area contributed by atoms with Crippen LogP contribution in [0.15, 0.2) is 60.9 Å². The first-order valence-corrected chi connectivity index (χ1v) is 8.72. The van der Waals surface area contributed by atoms with Crippen molar-refractivity contribution >= 4 is 44.9 Å². The molecule has 6 heteroatoms. The van der Waals surface area contributed by atoms with Crippen LogP contribution in [0, 0.1) is 0 Å². The van der Waals surface area contributed by atoms with Gasteiger partial charge in [-0.2, -0.15) is 0 Å². The van der Waals surface area contributed by atoms with Crippen molar-refractivity contribution in [3.8, 4) is 0 Å². The smallest absolute Gasteiger partial charge is 0.262 e. The van der Waals surface area contributed by atoms with Crippen LogP contribution >= 0.6 is 12.2 Å². The third-order valence-corrected chi connectivity index (χ3v) is 5.53.